The Labute approximate surface area is 208 Å². The molecule has 3 aromatic carbocycles. The molecule has 0 aliphatic heterocycles. The van der Waals surface area contributed by atoms with Gasteiger partial charge in [0.1, 0.15) is 23.0 Å². The van der Waals surface area contributed by atoms with Crippen molar-refractivity contribution >= 4 is 11.3 Å². The highest BCUT2D eigenvalue weighted by molar-refractivity contribution is 7.13. The summed E-state index contributed by atoms with van der Waals surface area (Å²) in [6.45, 7) is 5.25. The predicted octanol–water partition coefficient (Wildman–Crippen LogP) is 6.71. The fraction of sp³-hybridized carbons (Fsp3) is 0.250. The van der Waals surface area contributed by atoms with Crippen molar-refractivity contribution in [2.24, 2.45) is 0 Å². The van der Waals surface area contributed by atoms with Gasteiger partial charge < -0.3 is 19.3 Å². The lowest BCUT2D eigenvalue weighted by molar-refractivity contribution is 0.246. The SMILES string of the molecule is CCCc1cc(Oc2ccc(C)cc2)ccc1OCCCOc1ccc(-c2sc(=O)[nH]c2O)cc1. The van der Waals surface area contributed by atoms with Gasteiger partial charge in [0.2, 0.25) is 5.88 Å². The average Bonchev–Trinajstić information content (AvgIpc) is 3.20. The maximum atomic E-state index is 11.4. The molecule has 4 aromatic rings. The normalized spacial score (nSPS) is 10.8. The summed E-state index contributed by atoms with van der Waals surface area (Å²) < 4.78 is 17.9. The van der Waals surface area contributed by atoms with E-state index < -0.39 is 0 Å². The van der Waals surface area contributed by atoms with Crippen LogP contribution in [0.4, 0.5) is 0 Å². The van der Waals surface area contributed by atoms with Crippen molar-refractivity contribution in [1.82, 2.24) is 4.98 Å². The highest BCUT2D eigenvalue weighted by atomic mass is 32.1. The number of aryl methyl sites for hydroxylation is 2. The predicted molar refractivity (Wildman–Crippen MR) is 139 cm³/mol. The lowest BCUT2D eigenvalue weighted by atomic mass is 10.1. The highest BCUT2D eigenvalue weighted by Gasteiger charge is 2.10. The van der Waals surface area contributed by atoms with Gasteiger partial charge in [-0.3, -0.25) is 9.78 Å². The van der Waals surface area contributed by atoms with Crippen molar-refractivity contribution in [3.8, 4) is 39.3 Å². The van der Waals surface area contributed by atoms with Gasteiger partial charge >= 0.3 is 4.87 Å². The Hall–Kier alpha value is -3.71. The Kier molecular flexibility index (Phi) is 8.11. The smallest absolute Gasteiger partial charge is 0.307 e. The number of aromatic nitrogens is 1. The fourth-order valence-corrected chi connectivity index (χ4v) is 4.35. The molecule has 182 valence electrons. The molecule has 0 unspecified atom stereocenters. The number of benzene rings is 3. The summed E-state index contributed by atoms with van der Waals surface area (Å²) in [4.78, 5) is 14.0. The van der Waals surface area contributed by atoms with Crippen LogP contribution in [0.1, 0.15) is 30.9 Å². The third-order valence-electron chi connectivity index (χ3n) is 5.37. The Morgan fingerprint density at radius 2 is 1.57 bits per heavy atom. The van der Waals surface area contributed by atoms with Gasteiger partial charge in [-0.25, -0.2) is 0 Å². The van der Waals surface area contributed by atoms with Crippen LogP contribution in [-0.4, -0.2) is 23.3 Å². The molecule has 4 rings (SSSR count). The molecule has 0 aliphatic rings. The minimum absolute atomic E-state index is 0.108. The zero-order valence-corrected chi connectivity index (χ0v) is 20.7. The Bertz CT molecular complexity index is 1290. The fourth-order valence-electron chi connectivity index (χ4n) is 3.62. The summed E-state index contributed by atoms with van der Waals surface area (Å²) in [5, 5.41) is 9.79. The Balaban J connectivity index is 1.27. The first-order valence-electron chi connectivity index (χ1n) is 11.7. The van der Waals surface area contributed by atoms with Crippen molar-refractivity contribution in [1.29, 1.82) is 0 Å². The molecule has 7 heteroatoms. The second kappa shape index (κ2) is 11.6. The van der Waals surface area contributed by atoms with Crippen molar-refractivity contribution in [2.75, 3.05) is 13.2 Å². The second-order valence-corrected chi connectivity index (χ2v) is 9.18. The molecule has 2 N–H and O–H groups in total. The number of hydrogen-bond donors (Lipinski definition) is 2. The molecule has 0 amide bonds. The first kappa shape index (κ1) is 24.4. The molecular weight excluding hydrogens is 462 g/mol. The monoisotopic (exact) mass is 491 g/mol. The minimum Gasteiger partial charge on any atom is -0.493 e. The van der Waals surface area contributed by atoms with E-state index in [2.05, 4.69) is 24.9 Å². The van der Waals surface area contributed by atoms with Crippen molar-refractivity contribution in [3.63, 3.8) is 0 Å². The number of thiazole rings is 1. The minimum atomic E-state index is -0.284. The summed E-state index contributed by atoms with van der Waals surface area (Å²) >= 11 is 0.975. The van der Waals surface area contributed by atoms with Gasteiger partial charge in [-0.1, -0.05) is 42.4 Å². The summed E-state index contributed by atoms with van der Waals surface area (Å²) in [5.74, 6) is 3.11. The van der Waals surface area contributed by atoms with Crippen LogP contribution >= 0.6 is 11.3 Å². The van der Waals surface area contributed by atoms with E-state index in [1.165, 1.54) is 5.56 Å². The molecule has 0 fully saturated rings. The number of ether oxygens (including phenoxy) is 3. The van der Waals surface area contributed by atoms with Gasteiger partial charge in [-0.15, -0.1) is 0 Å². The molecule has 0 saturated carbocycles. The number of hydrogen-bond acceptors (Lipinski definition) is 6. The van der Waals surface area contributed by atoms with E-state index in [1.54, 1.807) is 0 Å². The van der Waals surface area contributed by atoms with Gasteiger partial charge in [0.25, 0.3) is 0 Å². The largest absolute Gasteiger partial charge is 0.493 e. The molecule has 0 radical (unpaired) electrons. The van der Waals surface area contributed by atoms with Crippen LogP contribution in [0, 0.1) is 6.92 Å². The first-order chi connectivity index (χ1) is 17.0. The Morgan fingerprint density at radius 1 is 0.886 bits per heavy atom. The van der Waals surface area contributed by atoms with E-state index >= 15 is 0 Å². The van der Waals surface area contributed by atoms with E-state index in [1.807, 2.05) is 60.7 Å². The number of aromatic hydroxyl groups is 1. The standard InChI is InChI=1S/C28H29NO5S/c1-3-5-21-18-24(34-23-10-6-19(2)7-11-23)14-15-25(21)33-17-4-16-32-22-12-8-20(9-13-22)26-27(30)29-28(31)35-26/h6-15,18,30H,3-5,16-17H2,1-2H3,(H,29,31). The van der Waals surface area contributed by atoms with Crippen LogP contribution in [0.5, 0.6) is 28.9 Å². The molecule has 1 heterocycles. The molecule has 1 aromatic heterocycles. The van der Waals surface area contributed by atoms with Crippen LogP contribution in [0.15, 0.2) is 71.5 Å². The van der Waals surface area contributed by atoms with E-state index in [0.29, 0.717) is 18.1 Å². The van der Waals surface area contributed by atoms with Gasteiger partial charge in [0.05, 0.1) is 18.1 Å². The number of nitrogens with one attached hydrogen (secondary N) is 1. The zero-order chi connectivity index (χ0) is 24.6. The van der Waals surface area contributed by atoms with E-state index in [0.717, 1.165) is 64.7 Å². The molecule has 0 aliphatic carbocycles. The second-order valence-electron chi connectivity index (χ2n) is 8.20. The summed E-state index contributed by atoms with van der Waals surface area (Å²) in [6.07, 6.45) is 2.66. The van der Waals surface area contributed by atoms with E-state index in [-0.39, 0.29) is 10.8 Å². The molecule has 35 heavy (non-hydrogen) atoms. The number of rotatable bonds is 11. The van der Waals surface area contributed by atoms with Gasteiger partial charge in [-0.05, 0) is 79.1 Å². The molecule has 0 saturated heterocycles. The lowest BCUT2D eigenvalue weighted by Crippen LogP contribution is -2.06. The molecule has 0 spiro atoms. The topological polar surface area (TPSA) is 80.8 Å². The lowest BCUT2D eigenvalue weighted by Gasteiger charge is -2.14. The van der Waals surface area contributed by atoms with E-state index in [9.17, 15) is 9.90 Å². The molecule has 0 bridgehead atoms. The number of aromatic amines is 1. The van der Waals surface area contributed by atoms with Crippen LogP contribution in [0.3, 0.4) is 0 Å². The maximum absolute atomic E-state index is 11.4. The van der Waals surface area contributed by atoms with Crippen molar-refractivity contribution in [3.05, 3.63) is 87.5 Å². The molecule has 0 atom stereocenters. The first-order valence-corrected chi connectivity index (χ1v) is 12.5. The zero-order valence-electron chi connectivity index (χ0n) is 19.9. The summed E-state index contributed by atoms with van der Waals surface area (Å²) in [7, 11) is 0. The van der Waals surface area contributed by atoms with Gasteiger partial charge in [0, 0.05) is 6.42 Å². The van der Waals surface area contributed by atoms with Crippen molar-refractivity contribution < 1.29 is 19.3 Å². The van der Waals surface area contributed by atoms with Gasteiger partial charge in [-0.2, -0.15) is 0 Å². The third kappa shape index (κ3) is 6.67. The number of H-pyrrole nitrogens is 1. The van der Waals surface area contributed by atoms with Gasteiger partial charge in [0.15, 0.2) is 0 Å². The van der Waals surface area contributed by atoms with Crippen LogP contribution in [0.25, 0.3) is 10.4 Å². The maximum Gasteiger partial charge on any atom is 0.307 e. The quantitative estimate of drug-likeness (QED) is 0.228. The van der Waals surface area contributed by atoms with Crippen LogP contribution < -0.4 is 19.1 Å². The summed E-state index contributed by atoms with van der Waals surface area (Å²) in [5.41, 5.74) is 3.09. The van der Waals surface area contributed by atoms with E-state index in [4.69, 9.17) is 14.2 Å². The van der Waals surface area contributed by atoms with Crippen LogP contribution in [-0.2, 0) is 6.42 Å². The Morgan fingerprint density at radius 3 is 2.26 bits per heavy atom. The third-order valence-corrected chi connectivity index (χ3v) is 6.29. The van der Waals surface area contributed by atoms with Crippen molar-refractivity contribution in [2.45, 2.75) is 33.1 Å². The molecular formula is C28H29NO5S. The summed E-state index contributed by atoms with van der Waals surface area (Å²) in [6, 6.07) is 21.3. The average molecular weight is 492 g/mol. The highest BCUT2D eigenvalue weighted by Crippen LogP contribution is 2.31. The van der Waals surface area contributed by atoms with Crippen LogP contribution in [0.2, 0.25) is 0 Å². The molecule has 6 nitrogen and oxygen atoms in total.